The molecular formula is C27H41N7O4. The molecule has 1 aromatic heterocycles. The summed E-state index contributed by atoms with van der Waals surface area (Å²) in [5.41, 5.74) is 0.645. The lowest BCUT2D eigenvalue weighted by Gasteiger charge is -2.32. The van der Waals surface area contributed by atoms with Gasteiger partial charge in [0.2, 0.25) is 17.8 Å². The van der Waals surface area contributed by atoms with Gasteiger partial charge in [0.05, 0.1) is 39.6 Å². The number of carbonyl (C=O) groups is 1. The van der Waals surface area contributed by atoms with Crippen LogP contribution < -0.4 is 20.4 Å². The Hall–Kier alpha value is -3.02. The second-order valence-corrected chi connectivity index (χ2v) is 9.53. The molecule has 1 aliphatic carbocycles. The number of carbonyl (C=O) groups excluding carboxylic acids is 1. The van der Waals surface area contributed by atoms with Crippen LogP contribution in [0.15, 0.2) is 30.3 Å². The Bertz CT molecular complexity index is 969. The summed E-state index contributed by atoms with van der Waals surface area (Å²) in [4.78, 5) is 30.6. The fourth-order valence-electron chi connectivity index (χ4n) is 4.61. The third-order valence-electron chi connectivity index (χ3n) is 6.81. The molecule has 11 heteroatoms. The lowest BCUT2D eigenvalue weighted by molar-refractivity contribution is 0.0519. The zero-order valence-electron chi connectivity index (χ0n) is 22.4. The lowest BCUT2D eigenvalue weighted by atomic mass is 9.95. The van der Waals surface area contributed by atoms with Gasteiger partial charge in [0.15, 0.2) is 0 Å². The second-order valence-electron chi connectivity index (χ2n) is 9.53. The van der Waals surface area contributed by atoms with Crippen molar-refractivity contribution in [2.24, 2.45) is 0 Å². The number of rotatable bonds is 14. The Labute approximate surface area is 225 Å². The van der Waals surface area contributed by atoms with Crippen LogP contribution in [0.2, 0.25) is 0 Å². The molecule has 1 aromatic carbocycles. The van der Waals surface area contributed by atoms with E-state index in [-0.39, 0.29) is 5.91 Å². The van der Waals surface area contributed by atoms with E-state index < -0.39 is 0 Å². The van der Waals surface area contributed by atoms with Gasteiger partial charge in [-0.15, -0.1) is 0 Å². The Morgan fingerprint density at radius 1 is 0.974 bits per heavy atom. The van der Waals surface area contributed by atoms with Crippen molar-refractivity contribution in [3.8, 4) is 0 Å². The molecule has 0 bridgehead atoms. The zero-order valence-corrected chi connectivity index (χ0v) is 22.4. The second kappa shape index (κ2) is 15.4. The van der Waals surface area contributed by atoms with E-state index in [0.29, 0.717) is 82.2 Å². The van der Waals surface area contributed by atoms with E-state index in [1.54, 1.807) is 12.1 Å². The minimum atomic E-state index is -0.0975. The van der Waals surface area contributed by atoms with Crippen LogP contribution in [0.4, 0.5) is 17.8 Å². The highest BCUT2D eigenvalue weighted by Crippen LogP contribution is 2.26. The van der Waals surface area contributed by atoms with Crippen LogP contribution in [0.3, 0.4) is 0 Å². The highest BCUT2D eigenvalue weighted by Gasteiger charge is 2.23. The van der Waals surface area contributed by atoms with Crippen LogP contribution in [0.1, 0.15) is 42.5 Å². The van der Waals surface area contributed by atoms with Crippen LogP contribution in [0.5, 0.6) is 0 Å². The van der Waals surface area contributed by atoms with Crippen molar-refractivity contribution in [3.05, 3.63) is 35.9 Å². The fraction of sp³-hybridized carbons (Fsp3) is 0.630. The maximum Gasteiger partial charge on any atom is 0.251 e. The fourth-order valence-corrected chi connectivity index (χ4v) is 4.61. The number of hydrogen-bond donors (Lipinski definition) is 2. The molecule has 208 valence electrons. The van der Waals surface area contributed by atoms with Crippen LogP contribution in [0, 0.1) is 0 Å². The van der Waals surface area contributed by atoms with E-state index in [1.165, 1.54) is 32.1 Å². The predicted octanol–water partition coefficient (Wildman–Crippen LogP) is 2.35. The van der Waals surface area contributed by atoms with Gasteiger partial charge in [0.25, 0.3) is 5.91 Å². The van der Waals surface area contributed by atoms with Gasteiger partial charge in [-0.3, -0.25) is 4.79 Å². The van der Waals surface area contributed by atoms with Gasteiger partial charge in [0, 0.05) is 44.8 Å². The maximum atomic E-state index is 12.0. The molecule has 2 aliphatic rings. The summed E-state index contributed by atoms with van der Waals surface area (Å²) in [6, 6.07) is 9.61. The van der Waals surface area contributed by atoms with Gasteiger partial charge in [0.1, 0.15) is 0 Å². The highest BCUT2D eigenvalue weighted by atomic mass is 16.5. The topological polar surface area (TPSA) is 114 Å². The monoisotopic (exact) mass is 527 g/mol. The average Bonchev–Trinajstić information content (AvgIpc) is 2.98. The van der Waals surface area contributed by atoms with Crippen molar-refractivity contribution in [2.45, 2.75) is 38.1 Å². The third kappa shape index (κ3) is 8.78. The molecule has 2 fully saturated rings. The van der Waals surface area contributed by atoms with Gasteiger partial charge in [-0.2, -0.15) is 15.0 Å². The zero-order chi connectivity index (χ0) is 26.4. The molecule has 11 nitrogen and oxygen atoms in total. The first-order valence-electron chi connectivity index (χ1n) is 13.7. The standard InChI is InChI=1S/C27H41N7O4/c1-33(23-10-6-3-7-11-23)26-30-25(31-27(32-26)34-14-18-38-19-15-34)29-13-17-37-21-20-36-16-12-28-24(35)22-8-4-2-5-9-22/h2,4-5,8-9,23H,3,6-7,10-21H2,1H3,(H,28,35)(H,29,30,31,32). The number of amides is 1. The molecular weight excluding hydrogens is 486 g/mol. The molecule has 2 aromatic rings. The summed E-state index contributed by atoms with van der Waals surface area (Å²) < 4.78 is 16.7. The van der Waals surface area contributed by atoms with Crippen LogP contribution in [-0.4, -0.2) is 99.8 Å². The van der Waals surface area contributed by atoms with E-state index in [4.69, 9.17) is 24.2 Å². The molecule has 1 amide bonds. The summed E-state index contributed by atoms with van der Waals surface area (Å²) >= 11 is 0. The van der Waals surface area contributed by atoms with E-state index in [1.807, 2.05) is 18.2 Å². The molecule has 1 saturated heterocycles. The average molecular weight is 528 g/mol. The largest absolute Gasteiger partial charge is 0.378 e. The quantitative estimate of drug-likeness (QED) is 0.355. The van der Waals surface area contributed by atoms with Crippen molar-refractivity contribution in [3.63, 3.8) is 0 Å². The Morgan fingerprint density at radius 2 is 1.68 bits per heavy atom. The summed E-state index contributed by atoms with van der Waals surface area (Å²) in [6.45, 7) is 5.81. The van der Waals surface area contributed by atoms with E-state index in [9.17, 15) is 4.79 Å². The number of morpholine rings is 1. The van der Waals surface area contributed by atoms with E-state index in [0.717, 1.165) is 13.1 Å². The normalized spacial score (nSPS) is 16.3. The Balaban J connectivity index is 1.16. The minimum absolute atomic E-state index is 0.0975. The minimum Gasteiger partial charge on any atom is -0.378 e. The summed E-state index contributed by atoms with van der Waals surface area (Å²) in [5, 5.41) is 6.14. The molecule has 1 saturated carbocycles. The van der Waals surface area contributed by atoms with Crippen LogP contribution in [-0.2, 0) is 14.2 Å². The van der Waals surface area contributed by atoms with Gasteiger partial charge in [-0.1, -0.05) is 37.5 Å². The molecule has 1 aliphatic heterocycles. The third-order valence-corrected chi connectivity index (χ3v) is 6.81. The summed E-state index contributed by atoms with van der Waals surface area (Å²) in [7, 11) is 2.09. The van der Waals surface area contributed by atoms with Gasteiger partial charge >= 0.3 is 0 Å². The molecule has 2 N–H and O–H groups in total. The molecule has 2 heterocycles. The molecule has 0 unspecified atom stereocenters. The number of nitrogens with one attached hydrogen (secondary N) is 2. The number of aromatic nitrogens is 3. The van der Waals surface area contributed by atoms with Gasteiger partial charge in [-0.05, 0) is 25.0 Å². The molecule has 38 heavy (non-hydrogen) atoms. The van der Waals surface area contributed by atoms with Crippen molar-refractivity contribution in [2.75, 3.05) is 88.0 Å². The van der Waals surface area contributed by atoms with Crippen molar-refractivity contribution < 1.29 is 19.0 Å². The van der Waals surface area contributed by atoms with Crippen molar-refractivity contribution in [1.82, 2.24) is 20.3 Å². The predicted molar refractivity (Wildman–Crippen MR) is 147 cm³/mol. The van der Waals surface area contributed by atoms with Gasteiger partial charge in [-0.25, -0.2) is 0 Å². The first-order chi connectivity index (χ1) is 18.7. The summed E-state index contributed by atoms with van der Waals surface area (Å²) in [6.07, 6.45) is 6.17. The molecule has 4 rings (SSSR count). The smallest absolute Gasteiger partial charge is 0.251 e. The summed E-state index contributed by atoms with van der Waals surface area (Å²) in [5.74, 6) is 1.87. The number of ether oxygens (including phenoxy) is 3. The van der Waals surface area contributed by atoms with E-state index in [2.05, 4.69) is 32.5 Å². The Morgan fingerprint density at radius 3 is 2.42 bits per heavy atom. The highest BCUT2D eigenvalue weighted by molar-refractivity contribution is 5.94. The van der Waals surface area contributed by atoms with Crippen LogP contribution in [0.25, 0.3) is 0 Å². The van der Waals surface area contributed by atoms with E-state index >= 15 is 0 Å². The molecule has 0 radical (unpaired) electrons. The maximum absolute atomic E-state index is 12.0. The first-order valence-corrected chi connectivity index (χ1v) is 13.7. The van der Waals surface area contributed by atoms with Crippen LogP contribution >= 0.6 is 0 Å². The number of benzene rings is 1. The SMILES string of the molecule is CN(c1nc(NCCOCCOCCNC(=O)c2ccccc2)nc(N2CCOCC2)n1)C1CCCCC1. The van der Waals surface area contributed by atoms with Gasteiger partial charge < -0.3 is 34.6 Å². The number of anilines is 3. The lowest BCUT2D eigenvalue weighted by Crippen LogP contribution is -2.39. The van der Waals surface area contributed by atoms with Crippen molar-refractivity contribution in [1.29, 1.82) is 0 Å². The number of hydrogen-bond acceptors (Lipinski definition) is 10. The van der Waals surface area contributed by atoms with Crippen molar-refractivity contribution >= 4 is 23.8 Å². The first kappa shape index (κ1) is 28.0. The number of nitrogens with zero attached hydrogens (tertiary/aromatic N) is 5. The Kier molecular flexibility index (Phi) is 11.4. The molecule has 0 atom stereocenters. The molecule has 0 spiro atoms.